The molecule has 0 bridgehead atoms. The highest BCUT2D eigenvalue weighted by atomic mass is 16.4. The van der Waals surface area contributed by atoms with E-state index in [9.17, 15) is 9.59 Å². The molecule has 4 heteroatoms. The number of nitrogens with zero attached hydrogens (tertiary/aromatic N) is 1. The van der Waals surface area contributed by atoms with Crippen molar-refractivity contribution in [1.82, 2.24) is 0 Å². The molecule has 4 nitrogen and oxygen atoms in total. The lowest BCUT2D eigenvalue weighted by molar-refractivity contribution is -0.132. The summed E-state index contributed by atoms with van der Waals surface area (Å²) in [5, 5.41) is 8.71. The third kappa shape index (κ3) is 1.28. The lowest BCUT2D eigenvalue weighted by Crippen LogP contribution is -2.22. The number of aliphatic imine (C=N–C) groups is 1. The van der Waals surface area contributed by atoms with E-state index >= 15 is 0 Å². The van der Waals surface area contributed by atoms with Crippen molar-refractivity contribution in [2.75, 3.05) is 6.54 Å². The number of rotatable bonds is 1. The van der Waals surface area contributed by atoms with Crippen molar-refractivity contribution in [3.8, 4) is 0 Å². The quantitative estimate of drug-likeness (QED) is 0.615. The fraction of sp³-hybridized carbons (Fsp3) is 0.375. The number of carbonyl (C=O) groups is 2. The van der Waals surface area contributed by atoms with Crippen LogP contribution in [0.2, 0.25) is 0 Å². The minimum absolute atomic E-state index is 0.0475. The van der Waals surface area contributed by atoms with Crippen molar-refractivity contribution in [3.63, 3.8) is 0 Å². The highest BCUT2D eigenvalue weighted by Gasteiger charge is 2.22. The summed E-state index contributed by atoms with van der Waals surface area (Å²) >= 11 is 0. The lowest BCUT2D eigenvalue weighted by atomic mass is 9.99. The van der Waals surface area contributed by atoms with Crippen molar-refractivity contribution in [2.24, 2.45) is 4.99 Å². The first-order chi connectivity index (χ1) is 5.54. The van der Waals surface area contributed by atoms with Crippen LogP contribution in [0.4, 0.5) is 0 Å². The van der Waals surface area contributed by atoms with Gasteiger partial charge in [0.2, 0.25) is 0 Å². The SMILES string of the molecule is CC1=NCC(=O)C(C)=C1C(=O)O. The van der Waals surface area contributed by atoms with Crippen molar-refractivity contribution in [1.29, 1.82) is 0 Å². The summed E-state index contributed by atoms with van der Waals surface area (Å²) < 4.78 is 0. The molecule has 0 atom stereocenters. The van der Waals surface area contributed by atoms with Crippen LogP contribution in [-0.4, -0.2) is 29.1 Å². The summed E-state index contributed by atoms with van der Waals surface area (Å²) in [4.78, 5) is 25.4. The number of carbonyl (C=O) groups excluding carboxylic acids is 1. The molecular formula is C8H9NO3. The van der Waals surface area contributed by atoms with Gasteiger partial charge in [0.25, 0.3) is 0 Å². The Morgan fingerprint density at radius 3 is 2.50 bits per heavy atom. The van der Waals surface area contributed by atoms with Crippen LogP contribution < -0.4 is 0 Å². The van der Waals surface area contributed by atoms with Gasteiger partial charge in [-0.25, -0.2) is 4.79 Å². The minimum atomic E-state index is -1.08. The monoisotopic (exact) mass is 167 g/mol. The van der Waals surface area contributed by atoms with Gasteiger partial charge in [-0.05, 0) is 13.8 Å². The fourth-order valence-corrected chi connectivity index (χ4v) is 1.11. The van der Waals surface area contributed by atoms with Gasteiger partial charge in [-0.15, -0.1) is 0 Å². The summed E-state index contributed by atoms with van der Waals surface area (Å²) in [6.07, 6.45) is 0. The molecule has 0 saturated carbocycles. The number of aliphatic carboxylic acids is 1. The molecule has 0 amide bonds. The van der Waals surface area contributed by atoms with E-state index in [1.54, 1.807) is 6.92 Å². The first-order valence-electron chi connectivity index (χ1n) is 3.53. The molecule has 0 aliphatic carbocycles. The third-order valence-electron chi connectivity index (χ3n) is 1.83. The Kier molecular flexibility index (Phi) is 2.08. The zero-order chi connectivity index (χ0) is 9.30. The zero-order valence-electron chi connectivity index (χ0n) is 6.92. The van der Waals surface area contributed by atoms with Crippen molar-refractivity contribution < 1.29 is 14.7 Å². The molecule has 1 N–H and O–H groups in total. The Balaban J connectivity index is 3.21. The molecule has 64 valence electrons. The highest BCUT2D eigenvalue weighted by Crippen LogP contribution is 2.13. The Morgan fingerprint density at radius 2 is 2.08 bits per heavy atom. The summed E-state index contributed by atoms with van der Waals surface area (Å²) in [6, 6.07) is 0. The average molecular weight is 167 g/mol. The second-order valence-corrected chi connectivity index (χ2v) is 2.63. The maximum atomic E-state index is 11.0. The molecule has 1 heterocycles. The number of Topliss-reactive ketones (excluding diaryl/α,β-unsaturated/α-hetero) is 1. The topological polar surface area (TPSA) is 66.7 Å². The van der Waals surface area contributed by atoms with Gasteiger partial charge in [0.15, 0.2) is 5.78 Å². The van der Waals surface area contributed by atoms with Crippen molar-refractivity contribution in [2.45, 2.75) is 13.8 Å². The van der Waals surface area contributed by atoms with E-state index in [-0.39, 0.29) is 17.9 Å². The molecule has 1 aliphatic rings. The number of hydrogen-bond donors (Lipinski definition) is 1. The highest BCUT2D eigenvalue weighted by molar-refractivity contribution is 6.25. The number of carboxylic acid groups (broad SMARTS) is 1. The molecule has 0 radical (unpaired) electrons. The van der Waals surface area contributed by atoms with Gasteiger partial charge in [0.05, 0.1) is 5.57 Å². The first-order valence-corrected chi connectivity index (χ1v) is 3.53. The largest absolute Gasteiger partial charge is 0.478 e. The molecule has 0 unspecified atom stereocenters. The van der Waals surface area contributed by atoms with E-state index in [0.717, 1.165) is 0 Å². The summed E-state index contributed by atoms with van der Waals surface area (Å²) in [6.45, 7) is 3.19. The van der Waals surface area contributed by atoms with E-state index in [4.69, 9.17) is 5.11 Å². The molecule has 12 heavy (non-hydrogen) atoms. The van der Waals surface area contributed by atoms with Gasteiger partial charge >= 0.3 is 5.97 Å². The normalized spacial score (nSPS) is 17.8. The van der Waals surface area contributed by atoms with Crippen molar-refractivity contribution in [3.05, 3.63) is 11.1 Å². The third-order valence-corrected chi connectivity index (χ3v) is 1.83. The molecule has 0 aromatic heterocycles. The second kappa shape index (κ2) is 2.89. The maximum Gasteiger partial charge on any atom is 0.337 e. The van der Waals surface area contributed by atoms with E-state index in [2.05, 4.69) is 4.99 Å². The van der Waals surface area contributed by atoms with E-state index in [0.29, 0.717) is 11.3 Å². The van der Waals surface area contributed by atoms with Crippen LogP contribution in [0.3, 0.4) is 0 Å². The maximum absolute atomic E-state index is 11.0. The molecule has 0 aromatic rings. The summed E-state index contributed by atoms with van der Waals surface area (Å²) in [7, 11) is 0. The minimum Gasteiger partial charge on any atom is -0.478 e. The van der Waals surface area contributed by atoms with Crippen LogP contribution in [0, 0.1) is 0 Å². The predicted molar refractivity (Wildman–Crippen MR) is 43.3 cm³/mol. The van der Waals surface area contributed by atoms with E-state index in [1.807, 2.05) is 0 Å². The van der Waals surface area contributed by atoms with Gasteiger partial charge in [0, 0.05) is 11.3 Å². The molecule has 1 rings (SSSR count). The van der Waals surface area contributed by atoms with Gasteiger partial charge in [-0.1, -0.05) is 0 Å². The molecule has 0 aromatic carbocycles. The van der Waals surface area contributed by atoms with Crippen LogP contribution in [0.25, 0.3) is 0 Å². The second-order valence-electron chi connectivity index (χ2n) is 2.63. The summed E-state index contributed by atoms with van der Waals surface area (Å²) in [5.41, 5.74) is 0.779. The van der Waals surface area contributed by atoms with E-state index in [1.165, 1.54) is 6.92 Å². The van der Waals surface area contributed by atoms with Gasteiger partial charge in [0.1, 0.15) is 6.54 Å². The van der Waals surface area contributed by atoms with Crippen LogP contribution in [0.15, 0.2) is 16.1 Å². The Bertz CT molecular complexity index is 312. The Labute approximate surface area is 69.6 Å². The first kappa shape index (κ1) is 8.64. The molecular weight excluding hydrogens is 158 g/mol. The van der Waals surface area contributed by atoms with Crippen LogP contribution in [-0.2, 0) is 9.59 Å². The number of carboxylic acids is 1. The zero-order valence-corrected chi connectivity index (χ0v) is 6.92. The number of hydrogen-bond acceptors (Lipinski definition) is 3. The lowest BCUT2D eigenvalue weighted by Gasteiger charge is -2.11. The molecule has 0 spiro atoms. The van der Waals surface area contributed by atoms with Gasteiger partial charge < -0.3 is 5.11 Å². The van der Waals surface area contributed by atoms with Crippen LogP contribution >= 0.6 is 0 Å². The van der Waals surface area contributed by atoms with Gasteiger partial charge in [-0.2, -0.15) is 0 Å². The fourth-order valence-electron chi connectivity index (χ4n) is 1.11. The van der Waals surface area contributed by atoms with Crippen molar-refractivity contribution >= 4 is 17.5 Å². The predicted octanol–water partition coefficient (Wildman–Crippen LogP) is 0.431. The van der Waals surface area contributed by atoms with Crippen LogP contribution in [0.5, 0.6) is 0 Å². The summed E-state index contributed by atoms with van der Waals surface area (Å²) in [5.74, 6) is -1.29. The molecule has 1 aliphatic heterocycles. The smallest absolute Gasteiger partial charge is 0.337 e. The standard InChI is InChI=1S/C8H9NO3/c1-4-6(10)3-9-5(2)7(4)8(11)12/h3H2,1-2H3,(H,11,12). The Morgan fingerprint density at radius 1 is 1.50 bits per heavy atom. The Hall–Kier alpha value is -1.45. The van der Waals surface area contributed by atoms with E-state index < -0.39 is 5.97 Å². The molecule has 0 fully saturated rings. The average Bonchev–Trinajstić information content (AvgIpc) is 1.97. The number of ketones is 1. The van der Waals surface area contributed by atoms with Crippen LogP contribution in [0.1, 0.15) is 13.8 Å². The number of dihydropyridines is 1. The molecule has 0 saturated heterocycles. The van der Waals surface area contributed by atoms with Gasteiger partial charge in [-0.3, -0.25) is 9.79 Å².